The number of carbonyl (C=O) groups excluding carboxylic acids is 1. The molecule has 0 saturated carbocycles. The number of rotatable bonds is 6. The Bertz CT molecular complexity index is 759. The predicted molar refractivity (Wildman–Crippen MR) is 111 cm³/mol. The van der Waals surface area contributed by atoms with E-state index >= 15 is 0 Å². The molecule has 6 heteroatoms. The first-order chi connectivity index (χ1) is 13.1. The Morgan fingerprint density at radius 2 is 1.85 bits per heavy atom. The molecule has 0 aliphatic carbocycles. The number of carbonyl (C=O) groups is 1. The number of amides is 2. The maximum Gasteiger partial charge on any atom is 0.319 e. The van der Waals surface area contributed by atoms with E-state index in [9.17, 15) is 4.79 Å². The van der Waals surface area contributed by atoms with Gasteiger partial charge >= 0.3 is 6.03 Å². The predicted octanol–water partition coefficient (Wildman–Crippen LogP) is 4.84. The first-order valence-corrected chi connectivity index (χ1v) is 9.78. The topological polar surface area (TPSA) is 53.6 Å². The Morgan fingerprint density at radius 1 is 1.11 bits per heavy atom. The molecule has 1 heterocycles. The minimum atomic E-state index is -0.239. The Kier molecular flexibility index (Phi) is 6.82. The summed E-state index contributed by atoms with van der Waals surface area (Å²) in [7, 11) is 0. The van der Waals surface area contributed by atoms with Crippen LogP contribution >= 0.6 is 11.6 Å². The summed E-state index contributed by atoms with van der Waals surface area (Å²) in [5.41, 5.74) is 2.96. The van der Waals surface area contributed by atoms with Crippen LogP contribution in [0.3, 0.4) is 0 Å². The SMILES string of the molecule is Cc1cc(OCCNC(=O)Nc2ccc(N3CCCCC3)cc2)ccc1Cl. The summed E-state index contributed by atoms with van der Waals surface area (Å²) in [6.07, 6.45) is 3.82. The minimum Gasteiger partial charge on any atom is -0.492 e. The molecule has 0 unspecified atom stereocenters. The van der Waals surface area contributed by atoms with E-state index in [1.54, 1.807) is 6.07 Å². The summed E-state index contributed by atoms with van der Waals surface area (Å²) in [5, 5.41) is 6.35. The van der Waals surface area contributed by atoms with Gasteiger partial charge < -0.3 is 20.3 Å². The van der Waals surface area contributed by atoms with Crippen molar-refractivity contribution in [2.24, 2.45) is 0 Å². The van der Waals surface area contributed by atoms with Gasteiger partial charge in [-0.15, -0.1) is 0 Å². The third-order valence-electron chi connectivity index (χ3n) is 4.63. The van der Waals surface area contributed by atoms with Crippen LogP contribution in [-0.2, 0) is 0 Å². The molecule has 1 aliphatic rings. The Morgan fingerprint density at radius 3 is 2.56 bits per heavy atom. The quantitative estimate of drug-likeness (QED) is 0.697. The molecule has 1 aliphatic heterocycles. The number of hydrogen-bond donors (Lipinski definition) is 2. The normalized spacial score (nSPS) is 13.9. The number of hydrogen-bond acceptors (Lipinski definition) is 3. The van der Waals surface area contributed by atoms with Crippen LogP contribution in [0.25, 0.3) is 0 Å². The molecule has 27 heavy (non-hydrogen) atoms. The first-order valence-electron chi connectivity index (χ1n) is 9.40. The van der Waals surface area contributed by atoms with Gasteiger partial charge in [-0.2, -0.15) is 0 Å². The summed E-state index contributed by atoms with van der Waals surface area (Å²) in [4.78, 5) is 14.4. The molecule has 5 nitrogen and oxygen atoms in total. The highest BCUT2D eigenvalue weighted by Gasteiger charge is 2.10. The summed E-state index contributed by atoms with van der Waals surface area (Å²) >= 11 is 5.99. The molecular weight excluding hydrogens is 362 g/mol. The summed E-state index contributed by atoms with van der Waals surface area (Å²) in [6, 6.07) is 13.3. The highest BCUT2D eigenvalue weighted by atomic mass is 35.5. The van der Waals surface area contributed by atoms with Crippen molar-refractivity contribution in [1.29, 1.82) is 0 Å². The molecule has 0 bridgehead atoms. The zero-order valence-corrected chi connectivity index (χ0v) is 16.4. The molecular formula is C21H26ClN3O2. The van der Waals surface area contributed by atoms with Gasteiger partial charge in [-0.25, -0.2) is 4.79 Å². The van der Waals surface area contributed by atoms with E-state index in [0.717, 1.165) is 30.1 Å². The van der Waals surface area contributed by atoms with Crippen molar-refractivity contribution in [1.82, 2.24) is 5.32 Å². The molecule has 2 aromatic rings. The van der Waals surface area contributed by atoms with Crippen LogP contribution in [0, 0.1) is 6.92 Å². The maximum absolute atomic E-state index is 12.0. The fourth-order valence-corrected chi connectivity index (χ4v) is 3.24. The van der Waals surface area contributed by atoms with Crippen LogP contribution in [0.5, 0.6) is 5.75 Å². The van der Waals surface area contributed by atoms with Crippen molar-refractivity contribution in [3.8, 4) is 5.75 Å². The van der Waals surface area contributed by atoms with E-state index in [1.165, 1.54) is 24.9 Å². The van der Waals surface area contributed by atoms with Crippen molar-refractivity contribution in [2.45, 2.75) is 26.2 Å². The van der Waals surface area contributed by atoms with E-state index < -0.39 is 0 Å². The van der Waals surface area contributed by atoms with E-state index in [-0.39, 0.29) is 6.03 Å². The van der Waals surface area contributed by atoms with Gasteiger partial charge in [-0.05, 0) is 74.2 Å². The van der Waals surface area contributed by atoms with Crippen LogP contribution in [-0.4, -0.2) is 32.3 Å². The number of benzene rings is 2. The highest BCUT2D eigenvalue weighted by molar-refractivity contribution is 6.31. The maximum atomic E-state index is 12.0. The van der Waals surface area contributed by atoms with Crippen LogP contribution in [0.1, 0.15) is 24.8 Å². The zero-order chi connectivity index (χ0) is 19.1. The summed E-state index contributed by atoms with van der Waals surface area (Å²) < 4.78 is 5.62. The molecule has 2 aromatic carbocycles. The second-order valence-corrected chi connectivity index (χ2v) is 7.14. The lowest BCUT2D eigenvalue weighted by molar-refractivity contribution is 0.247. The summed E-state index contributed by atoms with van der Waals surface area (Å²) in [6.45, 7) is 4.96. The van der Waals surface area contributed by atoms with Crippen molar-refractivity contribution in [2.75, 3.05) is 36.5 Å². The van der Waals surface area contributed by atoms with E-state index in [4.69, 9.17) is 16.3 Å². The second kappa shape index (κ2) is 9.51. The van der Waals surface area contributed by atoms with Crippen LogP contribution in [0.4, 0.5) is 16.2 Å². The molecule has 1 saturated heterocycles. The number of nitrogens with zero attached hydrogens (tertiary/aromatic N) is 1. The van der Waals surface area contributed by atoms with Gasteiger partial charge in [0.2, 0.25) is 0 Å². The number of halogens is 1. The molecule has 2 N–H and O–H groups in total. The molecule has 144 valence electrons. The van der Waals surface area contributed by atoms with Gasteiger partial charge in [0.1, 0.15) is 12.4 Å². The number of piperidine rings is 1. The van der Waals surface area contributed by atoms with Gasteiger partial charge in [0.25, 0.3) is 0 Å². The average molecular weight is 388 g/mol. The summed E-state index contributed by atoms with van der Waals surface area (Å²) in [5.74, 6) is 0.743. The third kappa shape index (κ3) is 5.79. The number of aryl methyl sites for hydroxylation is 1. The van der Waals surface area contributed by atoms with E-state index in [2.05, 4.69) is 27.7 Å². The smallest absolute Gasteiger partial charge is 0.319 e. The van der Waals surface area contributed by atoms with Crippen molar-refractivity contribution in [3.63, 3.8) is 0 Å². The number of nitrogens with one attached hydrogen (secondary N) is 2. The van der Waals surface area contributed by atoms with Crippen molar-refractivity contribution in [3.05, 3.63) is 53.1 Å². The highest BCUT2D eigenvalue weighted by Crippen LogP contribution is 2.22. The van der Waals surface area contributed by atoms with Crippen molar-refractivity contribution >= 4 is 29.0 Å². The van der Waals surface area contributed by atoms with Gasteiger partial charge in [0.15, 0.2) is 0 Å². The van der Waals surface area contributed by atoms with E-state index in [0.29, 0.717) is 18.2 Å². The largest absolute Gasteiger partial charge is 0.492 e. The standard InChI is InChI=1S/C21H26ClN3O2/c1-16-15-19(9-10-20(16)22)27-14-11-23-21(26)24-17-5-7-18(8-6-17)25-12-3-2-4-13-25/h5-10,15H,2-4,11-14H2,1H3,(H2,23,24,26). The average Bonchev–Trinajstić information content (AvgIpc) is 2.69. The molecule has 0 spiro atoms. The Hall–Kier alpha value is -2.40. The molecule has 0 aromatic heterocycles. The fraction of sp³-hybridized carbons (Fsp3) is 0.381. The van der Waals surface area contributed by atoms with Gasteiger partial charge in [0.05, 0.1) is 6.54 Å². The Labute approximate surface area is 165 Å². The zero-order valence-electron chi connectivity index (χ0n) is 15.6. The lowest BCUT2D eigenvalue weighted by Gasteiger charge is -2.28. The number of urea groups is 1. The second-order valence-electron chi connectivity index (χ2n) is 6.73. The monoisotopic (exact) mass is 387 g/mol. The van der Waals surface area contributed by atoms with E-state index in [1.807, 2.05) is 31.2 Å². The van der Waals surface area contributed by atoms with Crippen molar-refractivity contribution < 1.29 is 9.53 Å². The molecule has 2 amide bonds. The van der Waals surface area contributed by atoms with Crippen LogP contribution < -0.4 is 20.3 Å². The minimum absolute atomic E-state index is 0.239. The van der Waals surface area contributed by atoms with Crippen LogP contribution in [0.15, 0.2) is 42.5 Å². The fourth-order valence-electron chi connectivity index (χ4n) is 3.12. The van der Waals surface area contributed by atoms with Gasteiger partial charge in [-0.1, -0.05) is 11.6 Å². The van der Waals surface area contributed by atoms with Crippen LogP contribution in [0.2, 0.25) is 5.02 Å². The Balaban J connectivity index is 1.39. The molecule has 0 radical (unpaired) electrons. The molecule has 0 atom stereocenters. The number of ether oxygens (including phenoxy) is 1. The molecule has 3 rings (SSSR count). The van der Waals surface area contributed by atoms with Gasteiger partial charge in [0, 0.05) is 29.5 Å². The first kappa shape index (κ1) is 19.4. The molecule has 1 fully saturated rings. The third-order valence-corrected chi connectivity index (χ3v) is 5.06. The van der Waals surface area contributed by atoms with Gasteiger partial charge in [-0.3, -0.25) is 0 Å². The lowest BCUT2D eigenvalue weighted by Crippen LogP contribution is -2.32. The lowest BCUT2D eigenvalue weighted by atomic mass is 10.1. The number of anilines is 2.